The van der Waals surface area contributed by atoms with Gasteiger partial charge in [0.05, 0.1) is 35.9 Å². The molecular weight excluding hydrogens is 390 g/mol. The van der Waals surface area contributed by atoms with E-state index in [1.807, 2.05) is 0 Å². The lowest BCUT2D eigenvalue weighted by Gasteiger charge is -2.10. The second-order valence-corrected chi connectivity index (χ2v) is 6.34. The van der Waals surface area contributed by atoms with Gasteiger partial charge >= 0.3 is 11.9 Å². The molecule has 1 N–H and O–H groups in total. The molecule has 1 amide bonds. The number of nitrogens with zero attached hydrogens (tertiary/aromatic N) is 2. The largest absolute Gasteiger partial charge is 0.465 e. The van der Waals surface area contributed by atoms with Crippen LogP contribution in [0.15, 0.2) is 53.3 Å². The third-order valence-corrected chi connectivity index (χ3v) is 4.32. The summed E-state index contributed by atoms with van der Waals surface area (Å²) in [4.78, 5) is 48.3. The number of hydrogen-bond acceptors (Lipinski definition) is 7. The van der Waals surface area contributed by atoms with Crippen molar-refractivity contribution in [1.29, 1.82) is 0 Å². The summed E-state index contributed by atoms with van der Waals surface area (Å²) in [5.74, 6) is -1.89. The van der Waals surface area contributed by atoms with Gasteiger partial charge in [-0.05, 0) is 18.2 Å². The Bertz CT molecular complexity index is 1180. The van der Waals surface area contributed by atoms with E-state index in [2.05, 4.69) is 15.2 Å². The zero-order valence-electron chi connectivity index (χ0n) is 16.4. The normalized spacial score (nSPS) is 10.5. The van der Waals surface area contributed by atoms with E-state index in [1.54, 1.807) is 36.4 Å². The van der Waals surface area contributed by atoms with Crippen molar-refractivity contribution in [3.8, 4) is 0 Å². The summed E-state index contributed by atoms with van der Waals surface area (Å²) in [6.45, 7) is -0.544. The van der Waals surface area contributed by atoms with Crippen molar-refractivity contribution in [2.24, 2.45) is 7.05 Å². The molecule has 30 heavy (non-hydrogen) atoms. The van der Waals surface area contributed by atoms with E-state index in [0.717, 1.165) is 4.68 Å². The molecule has 0 saturated heterocycles. The van der Waals surface area contributed by atoms with Gasteiger partial charge in [-0.3, -0.25) is 14.4 Å². The van der Waals surface area contributed by atoms with Crippen molar-refractivity contribution < 1.29 is 23.9 Å². The molecule has 3 aromatic rings. The van der Waals surface area contributed by atoms with Crippen molar-refractivity contribution >= 4 is 34.3 Å². The Morgan fingerprint density at radius 1 is 1.03 bits per heavy atom. The molecule has 9 heteroatoms. The Kier molecular flexibility index (Phi) is 6.21. The summed E-state index contributed by atoms with van der Waals surface area (Å²) in [5.41, 5.74) is 0.525. The predicted octanol–water partition coefficient (Wildman–Crippen LogP) is 1.44. The maximum atomic E-state index is 12.2. The number of para-hydroxylation sites is 1. The molecule has 0 aliphatic carbocycles. The lowest BCUT2D eigenvalue weighted by molar-refractivity contribution is -0.146. The van der Waals surface area contributed by atoms with Crippen LogP contribution in [-0.4, -0.2) is 41.3 Å². The average Bonchev–Trinajstić information content (AvgIpc) is 2.75. The fourth-order valence-corrected chi connectivity index (χ4v) is 2.91. The highest BCUT2D eigenvalue weighted by Crippen LogP contribution is 2.16. The van der Waals surface area contributed by atoms with Crippen molar-refractivity contribution in [3.05, 3.63) is 70.1 Å². The minimum absolute atomic E-state index is 0.181. The second kappa shape index (κ2) is 8.99. The molecule has 2 aromatic carbocycles. The number of fused-ring (bicyclic) bond motifs is 1. The molecule has 0 fully saturated rings. The van der Waals surface area contributed by atoms with Crippen LogP contribution in [0.5, 0.6) is 0 Å². The lowest BCUT2D eigenvalue weighted by atomic mass is 10.1. The third kappa shape index (κ3) is 4.52. The quantitative estimate of drug-likeness (QED) is 0.612. The number of hydrogen-bond donors (Lipinski definition) is 1. The van der Waals surface area contributed by atoms with Crippen LogP contribution in [0.2, 0.25) is 0 Å². The zero-order valence-corrected chi connectivity index (χ0v) is 16.4. The molecule has 0 radical (unpaired) electrons. The molecule has 0 spiro atoms. The van der Waals surface area contributed by atoms with Crippen molar-refractivity contribution in [2.45, 2.75) is 6.42 Å². The van der Waals surface area contributed by atoms with Gasteiger partial charge < -0.3 is 14.8 Å². The van der Waals surface area contributed by atoms with Crippen molar-refractivity contribution in [2.75, 3.05) is 19.0 Å². The highest BCUT2D eigenvalue weighted by atomic mass is 16.5. The van der Waals surface area contributed by atoms with E-state index >= 15 is 0 Å². The maximum Gasteiger partial charge on any atom is 0.339 e. The molecule has 0 aliphatic rings. The molecule has 0 aliphatic heterocycles. The number of amides is 1. The number of carbonyl (C=O) groups is 3. The molecule has 1 heterocycles. The van der Waals surface area contributed by atoms with Gasteiger partial charge in [-0.15, -0.1) is 0 Å². The SMILES string of the molecule is COC(=O)c1ccccc1NC(=O)COC(=O)Cc1nn(C)c(=O)c2ccccc12. The molecule has 0 saturated carbocycles. The first-order chi connectivity index (χ1) is 14.4. The first-order valence-electron chi connectivity index (χ1n) is 8.98. The second-order valence-electron chi connectivity index (χ2n) is 6.34. The van der Waals surface area contributed by atoms with Gasteiger partial charge in [0.25, 0.3) is 11.5 Å². The maximum absolute atomic E-state index is 12.2. The van der Waals surface area contributed by atoms with Gasteiger partial charge in [0.2, 0.25) is 0 Å². The van der Waals surface area contributed by atoms with E-state index in [1.165, 1.54) is 26.3 Å². The number of nitrogens with one attached hydrogen (secondary N) is 1. The minimum atomic E-state index is -0.678. The van der Waals surface area contributed by atoms with Gasteiger partial charge in [0.15, 0.2) is 6.61 Å². The number of benzene rings is 2. The number of aryl methyl sites for hydroxylation is 1. The average molecular weight is 409 g/mol. The van der Waals surface area contributed by atoms with E-state index in [4.69, 9.17) is 4.74 Å². The molecule has 0 bridgehead atoms. The number of methoxy groups -OCH3 is 1. The Morgan fingerprint density at radius 2 is 1.70 bits per heavy atom. The van der Waals surface area contributed by atoms with Crippen LogP contribution < -0.4 is 10.9 Å². The molecule has 154 valence electrons. The number of rotatable bonds is 6. The van der Waals surface area contributed by atoms with Crippen LogP contribution in [0.4, 0.5) is 5.69 Å². The zero-order chi connectivity index (χ0) is 21.7. The summed E-state index contributed by atoms with van der Waals surface area (Å²) in [6, 6.07) is 13.1. The van der Waals surface area contributed by atoms with E-state index in [0.29, 0.717) is 16.5 Å². The first-order valence-corrected chi connectivity index (χ1v) is 8.98. The van der Waals surface area contributed by atoms with Crippen LogP contribution in [-0.2, 0) is 32.5 Å². The minimum Gasteiger partial charge on any atom is -0.465 e. The molecule has 0 atom stereocenters. The standard InChI is InChI=1S/C21H19N3O6/c1-24-20(27)14-8-4-3-7-13(14)17(23-24)11-19(26)30-12-18(25)22-16-10-6-5-9-15(16)21(28)29-2/h3-10H,11-12H2,1-2H3,(H,22,25). The Morgan fingerprint density at radius 3 is 2.43 bits per heavy atom. The van der Waals surface area contributed by atoms with Gasteiger partial charge in [0, 0.05) is 12.4 Å². The molecular formula is C21H19N3O6. The summed E-state index contributed by atoms with van der Waals surface area (Å²) >= 11 is 0. The fraction of sp³-hybridized carbons (Fsp3) is 0.190. The molecule has 0 unspecified atom stereocenters. The smallest absolute Gasteiger partial charge is 0.339 e. The van der Waals surface area contributed by atoms with Gasteiger partial charge in [0.1, 0.15) is 0 Å². The Hall–Kier alpha value is -4.01. The van der Waals surface area contributed by atoms with E-state index in [9.17, 15) is 19.2 Å². The van der Waals surface area contributed by atoms with Crippen LogP contribution in [0.1, 0.15) is 16.1 Å². The number of esters is 2. The number of carbonyl (C=O) groups excluding carboxylic acids is 3. The van der Waals surface area contributed by atoms with Crippen molar-refractivity contribution in [1.82, 2.24) is 9.78 Å². The van der Waals surface area contributed by atoms with Gasteiger partial charge in [-0.1, -0.05) is 30.3 Å². The highest BCUT2D eigenvalue weighted by molar-refractivity contribution is 6.01. The summed E-state index contributed by atoms with van der Waals surface area (Å²) in [7, 11) is 2.73. The predicted molar refractivity (Wildman–Crippen MR) is 108 cm³/mol. The fourth-order valence-electron chi connectivity index (χ4n) is 2.91. The van der Waals surface area contributed by atoms with Crippen LogP contribution in [0.25, 0.3) is 10.8 Å². The monoisotopic (exact) mass is 409 g/mol. The highest BCUT2D eigenvalue weighted by Gasteiger charge is 2.16. The summed E-state index contributed by atoms with van der Waals surface area (Å²) < 4.78 is 10.9. The van der Waals surface area contributed by atoms with E-state index in [-0.39, 0.29) is 23.2 Å². The van der Waals surface area contributed by atoms with Gasteiger partial charge in [-0.25, -0.2) is 9.48 Å². The van der Waals surface area contributed by atoms with Crippen LogP contribution in [0, 0.1) is 0 Å². The number of ether oxygens (including phenoxy) is 2. The third-order valence-electron chi connectivity index (χ3n) is 4.32. The van der Waals surface area contributed by atoms with Gasteiger partial charge in [-0.2, -0.15) is 5.10 Å². The Balaban J connectivity index is 1.66. The summed E-state index contributed by atoms with van der Waals surface area (Å²) in [5, 5.41) is 7.63. The Labute approximate surface area is 171 Å². The summed E-state index contributed by atoms with van der Waals surface area (Å²) in [6.07, 6.45) is -0.208. The molecule has 9 nitrogen and oxygen atoms in total. The topological polar surface area (TPSA) is 117 Å². The lowest BCUT2D eigenvalue weighted by Crippen LogP contribution is -2.25. The van der Waals surface area contributed by atoms with Crippen molar-refractivity contribution in [3.63, 3.8) is 0 Å². The number of anilines is 1. The number of aromatic nitrogens is 2. The van der Waals surface area contributed by atoms with Crippen LogP contribution in [0.3, 0.4) is 0 Å². The molecule has 3 rings (SSSR count). The molecule has 1 aromatic heterocycles. The van der Waals surface area contributed by atoms with E-state index < -0.39 is 24.5 Å². The van der Waals surface area contributed by atoms with Crippen LogP contribution >= 0.6 is 0 Å². The first kappa shape index (κ1) is 20.7.